The Morgan fingerprint density at radius 1 is 1.28 bits per heavy atom. The molecule has 1 atom stereocenters. The van der Waals surface area contributed by atoms with Gasteiger partial charge < -0.3 is 19.5 Å². The van der Waals surface area contributed by atoms with Crippen molar-refractivity contribution in [1.29, 1.82) is 0 Å². The van der Waals surface area contributed by atoms with E-state index in [-0.39, 0.29) is 11.6 Å². The molecular formula is C11H15NO6. The molecule has 0 saturated heterocycles. The van der Waals surface area contributed by atoms with Gasteiger partial charge in [-0.2, -0.15) is 0 Å². The third kappa shape index (κ3) is 2.03. The molecule has 0 aliphatic carbocycles. The normalized spacial score (nSPS) is 19.5. The average molecular weight is 257 g/mol. The first-order valence-electron chi connectivity index (χ1n) is 5.28. The van der Waals surface area contributed by atoms with Crippen molar-refractivity contribution < 1.29 is 29.0 Å². The van der Waals surface area contributed by atoms with E-state index >= 15 is 0 Å². The molecule has 0 spiro atoms. The van der Waals surface area contributed by atoms with Crippen LogP contribution in [0, 0.1) is 0 Å². The van der Waals surface area contributed by atoms with E-state index in [9.17, 15) is 19.5 Å². The first kappa shape index (κ1) is 14.0. The lowest BCUT2D eigenvalue weighted by Crippen LogP contribution is -2.46. The number of carbonyl (C=O) groups excluding carboxylic acids is 3. The van der Waals surface area contributed by atoms with E-state index in [1.54, 1.807) is 13.8 Å². The topological polar surface area (TPSA) is 93.1 Å². The predicted molar refractivity (Wildman–Crippen MR) is 59.5 cm³/mol. The molecule has 1 amide bonds. The molecule has 1 rings (SSSR count). The molecule has 7 nitrogen and oxygen atoms in total. The van der Waals surface area contributed by atoms with Crippen molar-refractivity contribution in [2.45, 2.75) is 25.9 Å². The number of aliphatic hydroxyl groups excluding tert-OH is 1. The van der Waals surface area contributed by atoms with Gasteiger partial charge >= 0.3 is 11.9 Å². The van der Waals surface area contributed by atoms with Crippen molar-refractivity contribution in [3.05, 3.63) is 11.3 Å². The van der Waals surface area contributed by atoms with Gasteiger partial charge in [-0.15, -0.1) is 0 Å². The zero-order chi connectivity index (χ0) is 14.0. The van der Waals surface area contributed by atoms with Crippen LogP contribution in [0.2, 0.25) is 0 Å². The fourth-order valence-electron chi connectivity index (χ4n) is 1.82. The van der Waals surface area contributed by atoms with Crippen molar-refractivity contribution in [2.75, 3.05) is 14.2 Å². The molecule has 1 aliphatic rings. The molecule has 7 heteroatoms. The number of esters is 2. The molecule has 0 aromatic rings. The van der Waals surface area contributed by atoms with Crippen LogP contribution < -0.4 is 0 Å². The van der Waals surface area contributed by atoms with Crippen LogP contribution in [-0.2, 0) is 23.9 Å². The molecule has 100 valence electrons. The summed E-state index contributed by atoms with van der Waals surface area (Å²) < 4.78 is 9.01. The van der Waals surface area contributed by atoms with E-state index in [0.717, 1.165) is 19.1 Å². The lowest BCUT2D eigenvalue weighted by atomic mass is 10.1. The van der Waals surface area contributed by atoms with Gasteiger partial charge in [0.15, 0.2) is 11.8 Å². The molecule has 0 aromatic carbocycles. The summed E-state index contributed by atoms with van der Waals surface area (Å²) in [6.45, 7) is 3.31. The summed E-state index contributed by atoms with van der Waals surface area (Å²) in [5.74, 6) is -3.30. The minimum Gasteiger partial charge on any atom is -0.503 e. The Labute approximate surface area is 104 Å². The van der Waals surface area contributed by atoms with Crippen molar-refractivity contribution >= 4 is 17.8 Å². The summed E-state index contributed by atoms with van der Waals surface area (Å²) in [6, 6.07) is -1.65. The number of amides is 1. The molecule has 0 radical (unpaired) electrons. The van der Waals surface area contributed by atoms with Gasteiger partial charge in [0.2, 0.25) is 0 Å². The Kier molecular flexibility index (Phi) is 3.95. The molecule has 0 aromatic heterocycles. The molecular weight excluding hydrogens is 242 g/mol. The van der Waals surface area contributed by atoms with Gasteiger partial charge in [-0.05, 0) is 13.8 Å². The monoisotopic (exact) mass is 257 g/mol. The van der Waals surface area contributed by atoms with E-state index in [4.69, 9.17) is 0 Å². The zero-order valence-electron chi connectivity index (χ0n) is 10.6. The Morgan fingerprint density at radius 2 is 1.83 bits per heavy atom. The highest BCUT2D eigenvalue weighted by atomic mass is 16.5. The van der Waals surface area contributed by atoms with Crippen LogP contribution in [0.3, 0.4) is 0 Å². The summed E-state index contributed by atoms with van der Waals surface area (Å²) in [5.41, 5.74) is -0.386. The molecule has 0 bridgehead atoms. The van der Waals surface area contributed by atoms with Crippen LogP contribution in [0.5, 0.6) is 0 Å². The summed E-state index contributed by atoms with van der Waals surface area (Å²) in [6.07, 6.45) is 0. The minimum atomic E-state index is -1.27. The number of rotatable bonds is 3. The van der Waals surface area contributed by atoms with Crippen molar-refractivity contribution in [3.63, 3.8) is 0 Å². The van der Waals surface area contributed by atoms with Crippen molar-refractivity contribution in [2.24, 2.45) is 0 Å². The van der Waals surface area contributed by atoms with Crippen LogP contribution in [0.1, 0.15) is 13.8 Å². The Hall–Kier alpha value is -2.05. The maximum Gasteiger partial charge on any atom is 0.340 e. The fraction of sp³-hybridized carbons (Fsp3) is 0.545. The highest BCUT2D eigenvalue weighted by Gasteiger charge is 2.49. The van der Waals surface area contributed by atoms with E-state index < -0.39 is 29.6 Å². The lowest BCUT2D eigenvalue weighted by molar-refractivity contribution is -0.151. The smallest absolute Gasteiger partial charge is 0.340 e. The van der Waals surface area contributed by atoms with Gasteiger partial charge in [-0.25, -0.2) is 9.59 Å². The minimum absolute atomic E-state index is 0.383. The van der Waals surface area contributed by atoms with Gasteiger partial charge in [0.05, 0.1) is 14.2 Å². The maximum atomic E-state index is 11.8. The van der Waals surface area contributed by atoms with Crippen LogP contribution in [0.15, 0.2) is 11.3 Å². The highest BCUT2D eigenvalue weighted by molar-refractivity contribution is 6.11. The maximum absolute atomic E-state index is 11.8. The molecule has 1 aliphatic heterocycles. The van der Waals surface area contributed by atoms with Crippen LogP contribution in [0.4, 0.5) is 0 Å². The number of hydrogen-bond acceptors (Lipinski definition) is 6. The number of methoxy groups -OCH3 is 2. The number of aliphatic hydroxyl groups is 1. The number of nitrogens with zero attached hydrogens (tertiary/aromatic N) is 1. The summed E-state index contributed by atoms with van der Waals surface area (Å²) in [5, 5.41) is 9.67. The van der Waals surface area contributed by atoms with Crippen molar-refractivity contribution in [1.82, 2.24) is 4.90 Å². The zero-order valence-corrected chi connectivity index (χ0v) is 10.6. The van der Waals surface area contributed by atoms with E-state index in [1.165, 1.54) is 0 Å². The predicted octanol–water partition coefficient (Wildman–Crippen LogP) is -0.236. The second kappa shape index (κ2) is 5.07. The Balaban J connectivity index is 3.31. The van der Waals surface area contributed by atoms with Crippen molar-refractivity contribution in [3.8, 4) is 0 Å². The molecule has 1 unspecified atom stereocenters. The summed E-state index contributed by atoms with van der Waals surface area (Å²) in [7, 11) is 2.23. The van der Waals surface area contributed by atoms with E-state index in [0.29, 0.717) is 0 Å². The molecule has 1 heterocycles. The van der Waals surface area contributed by atoms with Crippen LogP contribution in [-0.4, -0.2) is 54.2 Å². The Bertz CT molecular complexity index is 425. The number of hydrogen-bond donors (Lipinski definition) is 1. The van der Waals surface area contributed by atoms with E-state index in [2.05, 4.69) is 9.47 Å². The number of ether oxygens (including phenoxy) is 2. The number of carbonyl (C=O) groups is 3. The fourth-order valence-corrected chi connectivity index (χ4v) is 1.82. The SMILES string of the molecule is COC(=O)C1=C(O)C(=O)N(C(C)C)C1C(=O)OC. The lowest BCUT2D eigenvalue weighted by Gasteiger charge is -2.27. The second-order valence-corrected chi connectivity index (χ2v) is 3.99. The van der Waals surface area contributed by atoms with Gasteiger partial charge in [-0.3, -0.25) is 4.79 Å². The largest absolute Gasteiger partial charge is 0.503 e. The molecule has 18 heavy (non-hydrogen) atoms. The quantitative estimate of drug-likeness (QED) is 0.701. The Morgan fingerprint density at radius 3 is 2.22 bits per heavy atom. The average Bonchev–Trinajstić information content (AvgIpc) is 2.60. The van der Waals surface area contributed by atoms with E-state index in [1.807, 2.05) is 0 Å². The van der Waals surface area contributed by atoms with Crippen LogP contribution >= 0.6 is 0 Å². The molecule has 1 N–H and O–H groups in total. The molecule has 0 fully saturated rings. The highest BCUT2D eigenvalue weighted by Crippen LogP contribution is 2.28. The third-order valence-electron chi connectivity index (χ3n) is 2.63. The van der Waals surface area contributed by atoms with Gasteiger partial charge in [0.1, 0.15) is 5.57 Å². The summed E-state index contributed by atoms with van der Waals surface area (Å²) in [4.78, 5) is 36.1. The van der Waals surface area contributed by atoms with Gasteiger partial charge in [0, 0.05) is 6.04 Å². The molecule has 0 saturated carbocycles. The van der Waals surface area contributed by atoms with Gasteiger partial charge in [-0.1, -0.05) is 0 Å². The van der Waals surface area contributed by atoms with Gasteiger partial charge in [0.25, 0.3) is 5.91 Å². The van der Waals surface area contributed by atoms with Crippen LogP contribution in [0.25, 0.3) is 0 Å². The standard InChI is InChI=1S/C11H15NO6/c1-5(2)12-7(11(16)18-4)6(10(15)17-3)8(13)9(12)14/h5,7,13H,1-4H3. The summed E-state index contributed by atoms with van der Waals surface area (Å²) >= 11 is 0. The first-order chi connectivity index (χ1) is 8.36. The first-order valence-corrected chi connectivity index (χ1v) is 5.28. The third-order valence-corrected chi connectivity index (χ3v) is 2.63. The second-order valence-electron chi connectivity index (χ2n) is 3.99.